The van der Waals surface area contributed by atoms with Gasteiger partial charge in [-0.05, 0) is 92.6 Å². The van der Waals surface area contributed by atoms with Crippen LogP contribution in [0.3, 0.4) is 0 Å². The molecule has 0 N–H and O–H groups in total. The van der Waals surface area contributed by atoms with Gasteiger partial charge in [-0.25, -0.2) is 19.2 Å². The fourth-order valence-electron chi connectivity index (χ4n) is 4.68. The molecule has 3 aromatic rings. The monoisotopic (exact) mass is 660 g/mol. The number of ether oxygens (including phenoxy) is 5. The molecule has 258 valence electrons. The van der Waals surface area contributed by atoms with Crippen LogP contribution >= 0.6 is 0 Å². The number of unbranched alkanes of at least 4 members (excludes halogenated alkanes) is 9. The average Bonchev–Trinajstić information content (AvgIpc) is 3.10. The number of carbonyl (C=O) groups excluding carboxylic acids is 4. The Bertz CT molecular complexity index is 1410. The van der Waals surface area contributed by atoms with E-state index in [1.54, 1.807) is 24.3 Å². The molecular formula is C39H48O9. The Labute approximate surface area is 283 Å². The third-order valence-electron chi connectivity index (χ3n) is 7.57. The van der Waals surface area contributed by atoms with Crippen molar-refractivity contribution in [2.24, 2.45) is 0 Å². The predicted octanol–water partition coefficient (Wildman–Crippen LogP) is 8.92. The summed E-state index contributed by atoms with van der Waals surface area (Å²) in [6, 6.07) is 18.6. The van der Waals surface area contributed by atoms with Gasteiger partial charge in [0.1, 0.15) is 17.2 Å². The lowest BCUT2D eigenvalue weighted by Crippen LogP contribution is -2.26. The highest BCUT2D eigenvalue weighted by Gasteiger charge is 2.20. The van der Waals surface area contributed by atoms with Gasteiger partial charge >= 0.3 is 23.9 Å². The van der Waals surface area contributed by atoms with Crippen LogP contribution < -0.4 is 14.2 Å². The van der Waals surface area contributed by atoms with Crippen molar-refractivity contribution in [2.75, 3.05) is 13.2 Å². The van der Waals surface area contributed by atoms with Crippen LogP contribution in [-0.2, 0) is 14.3 Å². The highest BCUT2D eigenvalue weighted by molar-refractivity contribution is 5.93. The Kier molecular flexibility index (Phi) is 16.7. The Balaban J connectivity index is 1.39. The number of benzene rings is 3. The molecule has 9 heteroatoms. The maximum absolute atomic E-state index is 12.7. The summed E-state index contributed by atoms with van der Waals surface area (Å²) in [5.74, 6) is -1.28. The van der Waals surface area contributed by atoms with Gasteiger partial charge in [0.05, 0.1) is 29.9 Å². The first kappa shape index (κ1) is 37.8. The first-order valence-corrected chi connectivity index (χ1v) is 17.1. The summed E-state index contributed by atoms with van der Waals surface area (Å²) < 4.78 is 27.0. The zero-order chi connectivity index (χ0) is 34.6. The van der Waals surface area contributed by atoms with E-state index >= 15 is 0 Å². The van der Waals surface area contributed by atoms with Gasteiger partial charge in [-0.1, -0.05) is 71.6 Å². The number of carbonyl (C=O) groups is 4. The lowest BCUT2D eigenvalue weighted by atomic mass is 10.1. The summed E-state index contributed by atoms with van der Waals surface area (Å²) in [6.45, 7) is 6.65. The molecule has 0 aliphatic rings. The van der Waals surface area contributed by atoms with Gasteiger partial charge in [0.25, 0.3) is 0 Å². The first-order valence-electron chi connectivity index (χ1n) is 17.1. The summed E-state index contributed by atoms with van der Waals surface area (Å²) in [5.41, 5.74) is 0.803. The SMILES string of the molecule is CCCCCCCCCCOc1ccc(C(=O)Oc2ccc(C(=O)Oc3ccc(C(=O)OC(C)C(=O)OCCCCC)cc3)cc2)cc1. The maximum atomic E-state index is 12.7. The van der Waals surface area contributed by atoms with Crippen molar-refractivity contribution in [2.45, 2.75) is 97.5 Å². The van der Waals surface area contributed by atoms with Gasteiger partial charge in [0.2, 0.25) is 0 Å². The van der Waals surface area contributed by atoms with E-state index in [9.17, 15) is 19.2 Å². The minimum atomic E-state index is -1.05. The van der Waals surface area contributed by atoms with Crippen LogP contribution in [0.4, 0.5) is 0 Å². The van der Waals surface area contributed by atoms with Crippen molar-refractivity contribution >= 4 is 23.9 Å². The van der Waals surface area contributed by atoms with Gasteiger partial charge in [0, 0.05) is 0 Å². The van der Waals surface area contributed by atoms with Crippen LogP contribution in [0.15, 0.2) is 72.8 Å². The van der Waals surface area contributed by atoms with Crippen LogP contribution in [0.1, 0.15) is 122 Å². The largest absolute Gasteiger partial charge is 0.494 e. The van der Waals surface area contributed by atoms with Crippen molar-refractivity contribution in [1.29, 1.82) is 0 Å². The number of hydrogen-bond acceptors (Lipinski definition) is 9. The standard InChI is InChI=1S/C39H48O9/c1-4-6-8-9-10-11-12-14-27-44-33-21-15-31(16-22-33)38(42)47-35-25-19-32(20-26-35)39(43)48-34-23-17-30(18-24-34)37(41)46-29(3)36(40)45-28-13-7-5-2/h15-26,29H,4-14,27-28H2,1-3H3. The molecule has 3 rings (SSSR count). The van der Waals surface area contributed by atoms with E-state index in [0.717, 1.165) is 32.1 Å². The Morgan fingerprint density at radius 2 is 0.896 bits per heavy atom. The van der Waals surface area contributed by atoms with E-state index in [1.165, 1.54) is 94.0 Å². The van der Waals surface area contributed by atoms with Crippen molar-refractivity contribution in [3.05, 3.63) is 89.5 Å². The predicted molar refractivity (Wildman–Crippen MR) is 183 cm³/mol. The summed E-state index contributed by atoms with van der Waals surface area (Å²) >= 11 is 0. The van der Waals surface area contributed by atoms with E-state index in [1.807, 2.05) is 6.92 Å². The fraction of sp³-hybridized carbons (Fsp3) is 0.436. The molecule has 0 aromatic heterocycles. The minimum Gasteiger partial charge on any atom is -0.494 e. The molecular weight excluding hydrogens is 612 g/mol. The molecule has 0 saturated carbocycles. The van der Waals surface area contributed by atoms with Gasteiger partial charge in [-0.15, -0.1) is 0 Å². The van der Waals surface area contributed by atoms with Crippen molar-refractivity contribution in [3.8, 4) is 17.2 Å². The average molecular weight is 661 g/mol. The summed E-state index contributed by atoms with van der Waals surface area (Å²) in [6.07, 6.45) is 11.5. The third-order valence-corrected chi connectivity index (χ3v) is 7.57. The van der Waals surface area contributed by atoms with Gasteiger partial charge in [-0.3, -0.25) is 0 Å². The molecule has 48 heavy (non-hydrogen) atoms. The molecule has 3 aromatic carbocycles. The molecule has 0 fully saturated rings. The lowest BCUT2D eigenvalue weighted by molar-refractivity contribution is -0.153. The molecule has 0 amide bonds. The molecule has 0 spiro atoms. The van der Waals surface area contributed by atoms with Crippen LogP contribution in [0.2, 0.25) is 0 Å². The second-order valence-electron chi connectivity index (χ2n) is 11.6. The van der Waals surface area contributed by atoms with Crippen molar-refractivity contribution in [3.63, 3.8) is 0 Å². The zero-order valence-corrected chi connectivity index (χ0v) is 28.4. The zero-order valence-electron chi connectivity index (χ0n) is 28.4. The molecule has 0 saturated heterocycles. The van der Waals surface area contributed by atoms with E-state index in [0.29, 0.717) is 17.9 Å². The summed E-state index contributed by atoms with van der Waals surface area (Å²) in [5, 5.41) is 0. The quantitative estimate of drug-likeness (QED) is 0.0627. The molecule has 1 atom stereocenters. The first-order chi connectivity index (χ1) is 23.3. The minimum absolute atomic E-state index is 0.188. The number of rotatable bonds is 21. The van der Waals surface area contributed by atoms with Crippen LogP contribution in [0.25, 0.3) is 0 Å². The smallest absolute Gasteiger partial charge is 0.347 e. The van der Waals surface area contributed by atoms with Gasteiger partial charge < -0.3 is 23.7 Å². The Morgan fingerprint density at radius 1 is 0.500 bits per heavy atom. The second kappa shape index (κ2) is 21.3. The molecule has 0 aliphatic heterocycles. The second-order valence-corrected chi connectivity index (χ2v) is 11.6. The van der Waals surface area contributed by atoms with Gasteiger partial charge in [-0.2, -0.15) is 0 Å². The molecule has 9 nitrogen and oxygen atoms in total. The molecule has 0 aliphatic carbocycles. The van der Waals surface area contributed by atoms with Crippen LogP contribution in [0, 0.1) is 0 Å². The van der Waals surface area contributed by atoms with Crippen LogP contribution in [-0.4, -0.2) is 43.2 Å². The van der Waals surface area contributed by atoms with Gasteiger partial charge in [0.15, 0.2) is 6.10 Å². The van der Waals surface area contributed by atoms with E-state index in [4.69, 9.17) is 23.7 Å². The molecule has 0 bridgehead atoms. The molecule has 1 unspecified atom stereocenters. The summed E-state index contributed by atoms with van der Waals surface area (Å²) in [7, 11) is 0. The Morgan fingerprint density at radius 3 is 1.40 bits per heavy atom. The molecule has 0 heterocycles. The Hall–Kier alpha value is -4.66. The van der Waals surface area contributed by atoms with Crippen molar-refractivity contribution in [1.82, 2.24) is 0 Å². The highest BCUT2D eigenvalue weighted by atomic mass is 16.6. The number of esters is 4. The van der Waals surface area contributed by atoms with E-state index < -0.39 is 30.0 Å². The topological polar surface area (TPSA) is 114 Å². The lowest BCUT2D eigenvalue weighted by Gasteiger charge is -2.13. The van der Waals surface area contributed by atoms with E-state index in [-0.39, 0.29) is 29.2 Å². The van der Waals surface area contributed by atoms with E-state index in [2.05, 4.69) is 6.92 Å². The summed E-state index contributed by atoms with van der Waals surface area (Å²) in [4.78, 5) is 49.7. The third kappa shape index (κ3) is 13.6. The normalized spacial score (nSPS) is 11.3. The maximum Gasteiger partial charge on any atom is 0.347 e. The fourth-order valence-corrected chi connectivity index (χ4v) is 4.68. The highest BCUT2D eigenvalue weighted by Crippen LogP contribution is 2.20. The van der Waals surface area contributed by atoms with Crippen molar-refractivity contribution < 1.29 is 42.9 Å². The number of hydrogen-bond donors (Lipinski definition) is 0. The molecule has 0 radical (unpaired) electrons. The van der Waals surface area contributed by atoms with Crippen LogP contribution in [0.5, 0.6) is 17.2 Å².